The zero-order valence-electron chi connectivity index (χ0n) is 12.4. The quantitative estimate of drug-likeness (QED) is 0.894. The van der Waals surface area contributed by atoms with Crippen LogP contribution in [0.1, 0.15) is 26.2 Å². The summed E-state index contributed by atoms with van der Waals surface area (Å²) >= 11 is 0. The summed E-state index contributed by atoms with van der Waals surface area (Å²) in [5, 5.41) is 8.89. The lowest BCUT2D eigenvalue weighted by Crippen LogP contribution is -2.41. The van der Waals surface area contributed by atoms with E-state index in [1.165, 1.54) is 4.31 Å². The van der Waals surface area contributed by atoms with Gasteiger partial charge in [-0.15, -0.1) is 0 Å². The minimum absolute atomic E-state index is 0.0173. The van der Waals surface area contributed by atoms with Gasteiger partial charge in [0.25, 0.3) is 0 Å². The molecule has 0 aromatic carbocycles. The maximum atomic E-state index is 12.6. The summed E-state index contributed by atoms with van der Waals surface area (Å²) in [6, 6.07) is 1.60. The molecule has 1 aromatic rings. The van der Waals surface area contributed by atoms with Crippen LogP contribution >= 0.6 is 0 Å². The van der Waals surface area contributed by atoms with Crippen LogP contribution in [0.15, 0.2) is 23.4 Å². The summed E-state index contributed by atoms with van der Waals surface area (Å²) in [6.45, 7) is 2.80. The van der Waals surface area contributed by atoms with Crippen molar-refractivity contribution in [1.29, 1.82) is 0 Å². The van der Waals surface area contributed by atoms with E-state index in [-0.39, 0.29) is 18.3 Å². The Morgan fingerprint density at radius 3 is 2.81 bits per heavy atom. The maximum absolute atomic E-state index is 12.6. The second kappa shape index (κ2) is 6.19. The SMILES string of the molecule is CC(CC(=O)O)C1CCCN(S(=O)(=O)c2ccn(C)c2)C1. The third-order valence-corrected chi connectivity index (χ3v) is 6.01. The fourth-order valence-corrected chi connectivity index (χ4v) is 4.47. The number of piperidine rings is 1. The van der Waals surface area contributed by atoms with Gasteiger partial charge in [0.15, 0.2) is 0 Å². The number of hydrogen-bond acceptors (Lipinski definition) is 3. The van der Waals surface area contributed by atoms with Gasteiger partial charge in [-0.1, -0.05) is 6.92 Å². The normalized spacial score (nSPS) is 22.1. The molecule has 1 fully saturated rings. The van der Waals surface area contributed by atoms with Crippen molar-refractivity contribution < 1.29 is 18.3 Å². The molecule has 2 heterocycles. The average Bonchev–Trinajstić information content (AvgIpc) is 2.85. The molecule has 1 N–H and O–H groups in total. The van der Waals surface area contributed by atoms with E-state index in [0.29, 0.717) is 18.0 Å². The second-order valence-electron chi connectivity index (χ2n) is 5.85. The van der Waals surface area contributed by atoms with Gasteiger partial charge in [0, 0.05) is 39.0 Å². The highest BCUT2D eigenvalue weighted by Crippen LogP contribution is 2.29. The number of sulfonamides is 1. The molecule has 2 unspecified atom stereocenters. The third-order valence-electron chi connectivity index (χ3n) is 4.16. The minimum Gasteiger partial charge on any atom is -0.481 e. The van der Waals surface area contributed by atoms with Gasteiger partial charge in [-0.05, 0) is 30.7 Å². The van der Waals surface area contributed by atoms with Gasteiger partial charge >= 0.3 is 5.97 Å². The van der Waals surface area contributed by atoms with E-state index in [9.17, 15) is 13.2 Å². The number of aliphatic carboxylic acids is 1. The molecule has 1 aliphatic rings. The maximum Gasteiger partial charge on any atom is 0.303 e. The smallest absolute Gasteiger partial charge is 0.303 e. The lowest BCUT2D eigenvalue weighted by molar-refractivity contribution is -0.138. The number of carboxylic acid groups (broad SMARTS) is 1. The Hall–Kier alpha value is -1.34. The summed E-state index contributed by atoms with van der Waals surface area (Å²) in [6.07, 6.45) is 5.06. The molecule has 0 bridgehead atoms. The standard InChI is InChI=1S/C14H22N2O4S/c1-11(8-14(17)18)12-4-3-6-16(9-12)21(19,20)13-5-7-15(2)10-13/h5,7,10-12H,3-4,6,8-9H2,1-2H3,(H,17,18). The highest BCUT2D eigenvalue weighted by atomic mass is 32.2. The Labute approximate surface area is 125 Å². The van der Waals surface area contributed by atoms with E-state index in [4.69, 9.17) is 5.11 Å². The lowest BCUT2D eigenvalue weighted by atomic mass is 9.85. The van der Waals surface area contributed by atoms with Crippen LogP contribution in [-0.2, 0) is 21.9 Å². The van der Waals surface area contributed by atoms with Crippen LogP contribution in [0, 0.1) is 11.8 Å². The summed E-state index contributed by atoms with van der Waals surface area (Å²) in [5.41, 5.74) is 0. The first-order valence-electron chi connectivity index (χ1n) is 7.14. The van der Waals surface area contributed by atoms with Crippen LogP contribution in [-0.4, -0.2) is 41.5 Å². The van der Waals surface area contributed by atoms with Gasteiger partial charge in [-0.2, -0.15) is 4.31 Å². The topological polar surface area (TPSA) is 79.6 Å². The third kappa shape index (κ3) is 3.65. The molecule has 0 aliphatic carbocycles. The fraction of sp³-hybridized carbons (Fsp3) is 0.643. The molecule has 2 rings (SSSR count). The van der Waals surface area contributed by atoms with Gasteiger partial charge in [0.1, 0.15) is 0 Å². The van der Waals surface area contributed by atoms with E-state index in [1.807, 2.05) is 6.92 Å². The molecule has 7 heteroatoms. The summed E-state index contributed by atoms with van der Waals surface area (Å²) < 4.78 is 28.4. The molecule has 118 valence electrons. The average molecular weight is 314 g/mol. The van der Waals surface area contributed by atoms with Crippen LogP contribution in [0.2, 0.25) is 0 Å². The van der Waals surface area contributed by atoms with Crippen molar-refractivity contribution in [3.05, 3.63) is 18.5 Å². The van der Waals surface area contributed by atoms with E-state index < -0.39 is 16.0 Å². The first kappa shape index (κ1) is 16.0. The minimum atomic E-state index is -3.47. The van der Waals surface area contributed by atoms with E-state index >= 15 is 0 Å². The van der Waals surface area contributed by atoms with Crippen LogP contribution < -0.4 is 0 Å². The van der Waals surface area contributed by atoms with E-state index in [2.05, 4.69) is 0 Å². The first-order chi connectivity index (χ1) is 9.80. The zero-order chi connectivity index (χ0) is 15.6. The molecule has 1 saturated heterocycles. The molecule has 21 heavy (non-hydrogen) atoms. The van der Waals surface area contributed by atoms with Gasteiger partial charge in [-0.25, -0.2) is 8.42 Å². The molecule has 1 aromatic heterocycles. The Bertz CT molecular complexity index is 608. The predicted octanol–water partition coefficient (Wildman–Crippen LogP) is 1.54. The Balaban J connectivity index is 2.12. The van der Waals surface area contributed by atoms with E-state index in [1.54, 1.807) is 30.1 Å². The number of aromatic nitrogens is 1. The number of nitrogens with zero attached hydrogens (tertiary/aromatic N) is 2. The summed E-state index contributed by atoms with van der Waals surface area (Å²) in [5.74, 6) is -0.741. The molecular weight excluding hydrogens is 292 g/mol. The van der Waals surface area contributed by atoms with Crippen molar-refractivity contribution in [2.24, 2.45) is 18.9 Å². The molecule has 0 amide bonds. The molecular formula is C14H22N2O4S. The number of aryl methyl sites for hydroxylation is 1. The van der Waals surface area contributed by atoms with Crippen molar-refractivity contribution in [2.75, 3.05) is 13.1 Å². The number of carbonyl (C=O) groups is 1. The lowest BCUT2D eigenvalue weighted by Gasteiger charge is -2.34. The summed E-state index contributed by atoms with van der Waals surface area (Å²) in [7, 11) is -1.69. The molecule has 1 aliphatic heterocycles. The predicted molar refractivity (Wildman–Crippen MR) is 78.3 cm³/mol. The zero-order valence-corrected chi connectivity index (χ0v) is 13.2. The van der Waals surface area contributed by atoms with Crippen molar-refractivity contribution in [1.82, 2.24) is 8.87 Å². The van der Waals surface area contributed by atoms with Crippen molar-refractivity contribution in [3.8, 4) is 0 Å². The van der Waals surface area contributed by atoms with Crippen LogP contribution in [0.3, 0.4) is 0 Å². The van der Waals surface area contributed by atoms with Crippen molar-refractivity contribution in [2.45, 2.75) is 31.1 Å². The Kier molecular flexibility index (Phi) is 4.73. The van der Waals surface area contributed by atoms with Gasteiger partial charge in [-0.3, -0.25) is 4.79 Å². The molecule has 0 spiro atoms. The molecule has 0 radical (unpaired) electrons. The van der Waals surface area contributed by atoms with Gasteiger partial charge in [0.2, 0.25) is 10.0 Å². The number of rotatable bonds is 5. The van der Waals surface area contributed by atoms with Crippen molar-refractivity contribution in [3.63, 3.8) is 0 Å². The Morgan fingerprint density at radius 2 is 2.24 bits per heavy atom. The largest absolute Gasteiger partial charge is 0.481 e. The molecule has 0 saturated carbocycles. The number of carboxylic acids is 1. The van der Waals surface area contributed by atoms with Crippen LogP contribution in [0.25, 0.3) is 0 Å². The Morgan fingerprint density at radius 1 is 1.52 bits per heavy atom. The van der Waals surface area contributed by atoms with E-state index in [0.717, 1.165) is 12.8 Å². The molecule has 6 nitrogen and oxygen atoms in total. The second-order valence-corrected chi connectivity index (χ2v) is 7.79. The van der Waals surface area contributed by atoms with Crippen molar-refractivity contribution >= 4 is 16.0 Å². The first-order valence-corrected chi connectivity index (χ1v) is 8.58. The number of hydrogen-bond donors (Lipinski definition) is 1. The van der Waals surface area contributed by atoms with Crippen LogP contribution in [0.4, 0.5) is 0 Å². The highest BCUT2D eigenvalue weighted by Gasteiger charge is 2.33. The monoisotopic (exact) mass is 314 g/mol. The summed E-state index contributed by atoms with van der Waals surface area (Å²) in [4.78, 5) is 11.1. The van der Waals surface area contributed by atoms with Gasteiger partial charge < -0.3 is 9.67 Å². The molecule has 2 atom stereocenters. The van der Waals surface area contributed by atoms with Crippen LogP contribution in [0.5, 0.6) is 0 Å². The highest BCUT2D eigenvalue weighted by molar-refractivity contribution is 7.89. The van der Waals surface area contributed by atoms with Gasteiger partial charge in [0.05, 0.1) is 4.90 Å². The fourth-order valence-electron chi connectivity index (χ4n) is 2.88.